The number of aromatic nitrogens is 1. The largest absolute Gasteiger partial charge is 0.491 e. The van der Waals surface area contributed by atoms with Crippen molar-refractivity contribution in [3.63, 3.8) is 0 Å². The lowest BCUT2D eigenvalue weighted by atomic mass is 9.90. The van der Waals surface area contributed by atoms with Gasteiger partial charge in [0.05, 0.1) is 12.7 Å². The molecule has 1 aromatic carbocycles. The average molecular weight is 394 g/mol. The van der Waals surface area contributed by atoms with Crippen molar-refractivity contribution in [2.75, 3.05) is 20.2 Å². The van der Waals surface area contributed by atoms with Crippen LogP contribution in [0.1, 0.15) is 36.1 Å². The van der Waals surface area contributed by atoms with Crippen LogP contribution in [-0.4, -0.2) is 30.1 Å². The molecule has 7 heteroatoms. The van der Waals surface area contributed by atoms with E-state index >= 15 is 0 Å². The van der Waals surface area contributed by atoms with Gasteiger partial charge in [0.25, 0.3) is 0 Å². The number of pyridine rings is 1. The second-order valence-electron chi connectivity index (χ2n) is 7.33. The van der Waals surface area contributed by atoms with Crippen LogP contribution in [0, 0.1) is 5.92 Å². The molecule has 1 aromatic heterocycles. The molecule has 4 nitrogen and oxygen atoms in total. The lowest BCUT2D eigenvalue weighted by molar-refractivity contribution is -0.138. The predicted octanol–water partition coefficient (Wildman–Crippen LogP) is 4.25. The number of aromatic amines is 1. The number of H-pyrrole nitrogens is 1. The minimum Gasteiger partial charge on any atom is -0.491 e. The van der Waals surface area contributed by atoms with E-state index in [1.54, 1.807) is 24.4 Å². The molecule has 3 rings (SSSR count). The summed E-state index contributed by atoms with van der Waals surface area (Å²) in [6, 6.07) is 7.37. The van der Waals surface area contributed by atoms with Gasteiger partial charge in [0.1, 0.15) is 0 Å². The third-order valence-corrected chi connectivity index (χ3v) is 5.30. The van der Waals surface area contributed by atoms with Gasteiger partial charge in [0.2, 0.25) is 5.43 Å². The molecule has 2 aromatic rings. The fraction of sp³-hybridized carbons (Fsp3) is 0.476. The van der Waals surface area contributed by atoms with Crippen LogP contribution in [0.3, 0.4) is 0 Å². The molecule has 0 spiro atoms. The van der Waals surface area contributed by atoms with Crippen LogP contribution in [0.25, 0.3) is 0 Å². The highest BCUT2D eigenvalue weighted by Crippen LogP contribution is 2.33. The number of rotatable bonds is 6. The van der Waals surface area contributed by atoms with Crippen LogP contribution in [0.5, 0.6) is 5.75 Å². The number of ether oxygens (including phenoxy) is 1. The summed E-state index contributed by atoms with van der Waals surface area (Å²) in [5, 5.41) is 0. The Hall–Kier alpha value is -2.28. The first-order valence-corrected chi connectivity index (χ1v) is 9.50. The third-order valence-electron chi connectivity index (χ3n) is 5.30. The quantitative estimate of drug-likeness (QED) is 0.797. The maximum absolute atomic E-state index is 13.2. The Kier molecular flexibility index (Phi) is 6.44. The van der Waals surface area contributed by atoms with E-state index in [2.05, 4.69) is 9.88 Å². The highest BCUT2D eigenvalue weighted by Gasteiger charge is 2.33. The second kappa shape index (κ2) is 8.82. The monoisotopic (exact) mass is 394 g/mol. The minimum absolute atomic E-state index is 0.159. The Morgan fingerprint density at radius 2 is 2.07 bits per heavy atom. The zero-order valence-electron chi connectivity index (χ0n) is 15.9. The number of nitrogens with one attached hydrogen (secondary N) is 1. The Morgan fingerprint density at radius 3 is 2.79 bits per heavy atom. The van der Waals surface area contributed by atoms with Crippen molar-refractivity contribution < 1.29 is 17.9 Å². The summed E-state index contributed by atoms with van der Waals surface area (Å²) in [6.07, 6.45) is 0.425. The third kappa shape index (κ3) is 5.16. The van der Waals surface area contributed by atoms with Crippen LogP contribution in [0.2, 0.25) is 0 Å². The Bertz CT molecular complexity index is 848. The van der Waals surface area contributed by atoms with Gasteiger partial charge in [-0.15, -0.1) is 0 Å². The van der Waals surface area contributed by atoms with Crippen molar-refractivity contribution in [1.82, 2.24) is 9.88 Å². The van der Waals surface area contributed by atoms with Crippen molar-refractivity contribution in [3.8, 4) is 5.75 Å². The Morgan fingerprint density at radius 1 is 1.29 bits per heavy atom. The predicted molar refractivity (Wildman–Crippen MR) is 101 cm³/mol. The van der Waals surface area contributed by atoms with Gasteiger partial charge in [-0.1, -0.05) is 18.2 Å². The van der Waals surface area contributed by atoms with E-state index in [9.17, 15) is 18.0 Å². The van der Waals surface area contributed by atoms with Crippen LogP contribution < -0.4 is 10.2 Å². The number of halogens is 3. The van der Waals surface area contributed by atoms with Crippen LogP contribution in [0.4, 0.5) is 13.2 Å². The maximum atomic E-state index is 13.2. The molecular formula is C21H25F3N2O2. The molecular weight excluding hydrogens is 369 g/mol. The number of methoxy groups -OCH3 is 1. The van der Waals surface area contributed by atoms with Crippen LogP contribution in [-0.2, 0) is 19.1 Å². The molecule has 1 saturated heterocycles. The molecule has 28 heavy (non-hydrogen) atoms. The molecule has 0 unspecified atom stereocenters. The molecule has 1 fully saturated rings. The topological polar surface area (TPSA) is 45.3 Å². The molecule has 2 heterocycles. The summed E-state index contributed by atoms with van der Waals surface area (Å²) in [6.45, 7) is 2.36. The van der Waals surface area contributed by atoms with Crippen molar-refractivity contribution in [2.45, 2.75) is 38.4 Å². The highest BCUT2D eigenvalue weighted by atomic mass is 19.4. The first kappa shape index (κ1) is 20.5. The molecule has 1 atom stereocenters. The fourth-order valence-electron chi connectivity index (χ4n) is 3.90. The lowest BCUT2D eigenvalue weighted by Crippen LogP contribution is -2.35. The van der Waals surface area contributed by atoms with Crippen molar-refractivity contribution >= 4 is 0 Å². The summed E-state index contributed by atoms with van der Waals surface area (Å²) in [5.41, 5.74) is 0.493. The van der Waals surface area contributed by atoms with E-state index in [4.69, 9.17) is 4.74 Å². The lowest BCUT2D eigenvalue weighted by Gasteiger charge is -2.32. The number of nitrogens with zero attached hydrogens (tertiary/aromatic N) is 1. The number of likely N-dealkylation sites (tertiary alicyclic amines) is 1. The van der Waals surface area contributed by atoms with E-state index in [0.717, 1.165) is 44.1 Å². The first-order valence-electron chi connectivity index (χ1n) is 9.50. The van der Waals surface area contributed by atoms with Gasteiger partial charge in [0.15, 0.2) is 5.75 Å². The van der Waals surface area contributed by atoms with Gasteiger partial charge in [-0.3, -0.25) is 9.69 Å². The van der Waals surface area contributed by atoms with E-state index in [0.29, 0.717) is 24.4 Å². The normalized spacial score (nSPS) is 18.2. The Balaban J connectivity index is 1.59. The zero-order chi connectivity index (χ0) is 20.1. The molecule has 0 bridgehead atoms. The molecule has 1 N–H and O–H groups in total. The molecule has 1 aliphatic rings. The highest BCUT2D eigenvalue weighted by molar-refractivity contribution is 5.29. The van der Waals surface area contributed by atoms with Crippen molar-refractivity contribution in [2.24, 2.45) is 5.92 Å². The number of alkyl halides is 3. The molecule has 0 radical (unpaired) electrons. The van der Waals surface area contributed by atoms with Gasteiger partial charge in [-0.25, -0.2) is 0 Å². The van der Waals surface area contributed by atoms with Gasteiger partial charge >= 0.3 is 6.18 Å². The number of benzene rings is 1. The molecule has 1 aliphatic heterocycles. The van der Waals surface area contributed by atoms with Crippen molar-refractivity contribution in [1.29, 1.82) is 0 Å². The van der Waals surface area contributed by atoms with Crippen LogP contribution in [0.15, 0.2) is 41.3 Å². The number of hydrogen-bond donors (Lipinski definition) is 1. The van der Waals surface area contributed by atoms with Gasteiger partial charge in [-0.05, 0) is 49.8 Å². The Labute approximate surface area is 162 Å². The van der Waals surface area contributed by atoms with E-state index < -0.39 is 11.7 Å². The zero-order valence-corrected chi connectivity index (χ0v) is 15.9. The average Bonchev–Trinajstić information content (AvgIpc) is 2.66. The van der Waals surface area contributed by atoms with Gasteiger partial charge < -0.3 is 9.72 Å². The smallest absolute Gasteiger partial charge is 0.416 e. The first-order chi connectivity index (χ1) is 13.4. The maximum Gasteiger partial charge on any atom is 0.416 e. The van der Waals surface area contributed by atoms with E-state index in [1.807, 2.05) is 0 Å². The minimum atomic E-state index is -4.31. The van der Waals surface area contributed by atoms with Gasteiger partial charge in [0, 0.05) is 31.0 Å². The molecule has 0 aliphatic carbocycles. The molecule has 0 saturated carbocycles. The summed E-state index contributed by atoms with van der Waals surface area (Å²) in [5.74, 6) is 0.628. The number of aryl methyl sites for hydroxylation is 1. The summed E-state index contributed by atoms with van der Waals surface area (Å²) in [4.78, 5) is 17.2. The molecule has 0 amide bonds. The summed E-state index contributed by atoms with van der Waals surface area (Å²) < 4.78 is 44.5. The number of piperidine rings is 1. The van der Waals surface area contributed by atoms with Crippen LogP contribution >= 0.6 is 0 Å². The number of hydrogen-bond acceptors (Lipinski definition) is 3. The summed E-state index contributed by atoms with van der Waals surface area (Å²) >= 11 is 0. The van der Waals surface area contributed by atoms with E-state index in [1.165, 1.54) is 13.2 Å². The second-order valence-corrected chi connectivity index (χ2v) is 7.33. The SMILES string of the molecule is COc1c[nH]c(CN2CCC[C@H](CCc3ccccc3C(F)(F)F)C2)cc1=O. The molecule has 152 valence electrons. The summed E-state index contributed by atoms with van der Waals surface area (Å²) in [7, 11) is 1.45. The fourth-order valence-corrected chi connectivity index (χ4v) is 3.90. The van der Waals surface area contributed by atoms with E-state index in [-0.39, 0.29) is 11.2 Å². The van der Waals surface area contributed by atoms with Crippen molar-refractivity contribution in [3.05, 3.63) is 63.6 Å². The standard InChI is InChI=1S/C21H25F3N2O2/c1-28-20-12-25-17(11-19(20)27)14-26-10-4-5-15(13-26)8-9-16-6-2-3-7-18(16)21(22,23)24/h2-3,6-7,11-12,15H,4-5,8-10,13-14H2,1H3,(H,25,27)/t15-/m1/s1. The van der Waals surface area contributed by atoms with Gasteiger partial charge in [-0.2, -0.15) is 13.2 Å².